The largest absolute Gasteiger partial charge is 0.376 e. The van der Waals surface area contributed by atoms with Crippen molar-refractivity contribution in [1.29, 1.82) is 0 Å². The van der Waals surface area contributed by atoms with E-state index in [-0.39, 0.29) is 6.10 Å². The molecule has 26 heavy (non-hydrogen) atoms. The fourth-order valence-electron chi connectivity index (χ4n) is 3.87. The van der Waals surface area contributed by atoms with Crippen molar-refractivity contribution >= 4 is 5.69 Å². The average Bonchev–Trinajstić information content (AvgIpc) is 3.11. The molecule has 0 aliphatic carbocycles. The van der Waals surface area contributed by atoms with Crippen LogP contribution in [0.25, 0.3) is 11.3 Å². The second-order valence-electron chi connectivity index (χ2n) is 7.60. The number of aromatic nitrogens is 3. The zero-order chi connectivity index (χ0) is 17.9. The Bertz CT molecular complexity index is 730. The van der Waals surface area contributed by atoms with Gasteiger partial charge in [-0.2, -0.15) is 0 Å². The molecule has 3 heterocycles. The van der Waals surface area contributed by atoms with Crippen LogP contribution in [-0.2, 0) is 11.3 Å². The molecule has 6 nitrogen and oxygen atoms in total. The summed E-state index contributed by atoms with van der Waals surface area (Å²) < 4.78 is 7.74. The van der Waals surface area contributed by atoms with Crippen LogP contribution in [0.3, 0.4) is 0 Å². The van der Waals surface area contributed by atoms with Crippen LogP contribution in [0.15, 0.2) is 24.4 Å². The summed E-state index contributed by atoms with van der Waals surface area (Å²) in [5.74, 6) is 0. The van der Waals surface area contributed by atoms with Gasteiger partial charge in [0.25, 0.3) is 0 Å². The van der Waals surface area contributed by atoms with E-state index in [1.807, 2.05) is 4.68 Å². The third-order valence-electron chi connectivity index (χ3n) is 5.56. The maximum atomic E-state index is 5.81. The first-order valence-corrected chi connectivity index (χ1v) is 9.75. The van der Waals surface area contributed by atoms with E-state index in [1.165, 1.54) is 29.7 Å². The molecule has 0 radical (unpaired) electrons. The monoisotopic (exact) mass is 355 g/mol. The van der Waals surface area contributed by atoms with Gasteiger partial charge in [0.1, 0.15) is 5.69 Å². The van der Waals surface area contributed by atoms with E-state index in [2.05, 4.69) is 58.5 Å². The molecule has 6 heteroatoms. The van der Waals surface area contributed by atoms with Crippen LogP contribution in [0.4, 0.5) is 5.69 Å². The molecule has 2 saturated heterocycles. The first-order chi connectivity index (χ1) is 12.7. The molecule has 2 aromatic rings. The lowest BCUT2D eigenvalue weighted by molar-refractivity contribution is 0.00370. The molecule has 0 saturated carbocycles. The SMILES string of the molecule is Cc1cc(N2CCN(C)CC2)ccc1-c1cn(C[C@H]2CCCCO2)nn1. The number of hydrogen-bond donors (Lipinski definition) is 0. The number of benzene rings is 1. The van der Waals surface area contributed by atoms with E-state index in [1.54, 1.807) is 0 Å². The van der Waals surface area contributed by atoms with Crippen molar-refractivity contribution in [2.45, 2.75) is 38.8 Å². The Kier molecular flexibility index (Phi) is 5.22. The summed E-state index contributed by atoms with van der Waals surface area (Å²) in [6.07, 6.45) is 5.87. The maximum absolute atomic E-state index is 5.81. The number of likely N-dealkylation sites (N-methyl/N-ethyl adjacent to an activating group) is 1. The third-order valence-corrected chi connectivity index (χ3v) is 5.56. The van der Waals surface area contributed by atoms with Crippen LogP contribution in [0.5, 0.6) is 0 Å². The predicted molar refractivity (Wildman–Crippen MR) is 103 cm³/mol. The van der Waals surface area contributed by atoms with Crippen molar-refractivity contribution in [2.75, 3.05) is 44.7 Å². The Morgan fingerprint density at radius 1 is 1.15 bits per heavy atom. The van der Waals surface area contributed by atoms with E-state index >= 15 is 0 Å². The van der Waals surface area contributed by atoms with Gasteiger partial charge in [-0.15, -0.1) is 5.10 Å². The molecule has 140 valence electrons. The first-order valence-electron chi connectivity index (χ1n) is 9.75. The van der Waals surface area contributed by atoms with Gasteiger partial charge in [0.15, 0.2) is 0 Å². The van der Waals surface area contributed by atoms with Gasteiger partial charge in [-0.25, -0.2) is 4.68 Å². The molecule has 0 N–H and O–H groups in total. The van der Waals surface area contributed by atoms with E-state index < -0.39 is 0 Å². The highest BCUT2D eigenvalue weighted by atomic mass is 16.5. The minimum absolute atomic E-state index is 0.277. The van der Waals surface area contributed by atoms with Crippen LogP contribution in [0.1, 0.15) is 24.8 Å². The van der Waals surface area contributed by atoms with Gasteiger partial charge in [0.2, 0.25) is 0 Å². The maximum Gasteiger partial charge on any atom is 0.113 e. The predicted octanol–water partition coefficient (Wildman–Crippen LogP) is 2.57. The molecule has 1 atom stereocenters. The van der Waals surface area contributed by atoms with Gasteiger partial charge in [0, 0.05) is 44.0 Å². The molecule has 0 spiro atoms. The second-order valence-corrected chi connectivity index (χ2v) is 7.60. The minimum atomic E-state index is 0.277. The number of piperazine rings is 1. The highest BCUT2D eigenvalue weighted by molar-refractivity contribution is 5.67. The summed E-state index contributed by atoms with van der Waals surface area (Å²) in [5, 5.41) is 8.72. The smallest absolute Gasteiger partial charge is 0.113 e. The number of nitrogens with zero attached hydrogens (tertiary/aromatic N) is 5. The summed E-state index contributed by atoms with van der Waals surface area (Å²) in [4.78, 5) is 4.85. The molecular formula is C20H29N5O. The van der Waals surface area contributed by atoms with Gasteiger partial charge < -0.3 is 14.5 Å². The molecule has 0 amide bonds. The lowest BCUT2D eigenvalue weighted by Crippen LogP contribution is -2.44. The average molecular weight is 355 g/mol. The number of aryl methyl sites for hydroxylation is 1. The Morgan fingerprint density at radius 3 is 2.73 bits per heavy atom. The number of rotatable bonds is 4. The molecule has 2 aliphatic rings. The van der Waals surface area contributed by atoms with Gasteiger partial charge in [0.05, 0.1) is 18.8 Å². The van der Waals surface area contributed by atoms with Crippen molar-refractivity contribution < 1.29 is 4.74 Å². The molecule has 0 bridgehead atoms. The highest BCUT2D eigenvalue weighted by Crippen LogP contribution is 2.27. The fourth-order valence-corrected chi connectivity index (χ4v) is 3.87. The van der Waals surface area contributed by atoms with Crippen LogP contribution < -0.4 is 4.90 Å². The summed E-state index contributed by atoms with van der Waals surface area (Å²) in [7, 11) is 2.19. The van der Waals surface area contributed by atoms with Gasteiger partial charge >= 0.3 is 0 Å². The van der Waals surface area contributed by atoms with Gasteiger partial charge in [-0.1, -0.05) is 11.3 Å². The number of anilines is 1. The van der Waals surface area contributed by atoms with Gasteiger partial charge in [-0.05, 0) is 50.9 Å². The zero-order valence-corrected chi connectivity index (χ0v) is 15.9. The van der Waals surface area contributed by atoms with Crippen molar-refractivity contribution in [3.05, 3.63) is 30.0 Å². The topological polar surface area (TPSA) is 46.4 Å². The lowest BCUT2D eigenvalue weighted by Gasteiger charge is -2.34. The molecule has 2 aliphatic heterocycles. The Balaban J connectivity index is 1.46. The third kappa shape index (κ3) is 3.91. The Morgan fingerprint density at radius 2 is 2.00 bits per heavy atom. The van der Waals surface area contributed by atoms with Crippen LogP contribution in [0, 0.1) is 6.92 Å². The summed E-state index contributed by atoms with van der Waals surface area (Å²) >= 11 is 0. The van der Waals surface area contributed by atoms with Crippen molar-refractivity contribution in [1.82, 2.24) is 19.9 Å². The quantitative estimate of drug-likeness (QED) is 0.844. The molecular weight excluding hydrogens is 326 g/mol. The van der Waals surface area contributed by atoms with Crippen LogP contribution in [-0.4, -0.2) is 65.8 Å². The van der Waals surface area contributed by atoms with Crippen molar-refractivity contribution in [2.24, 2.45) is 0 Å². The van der Waals surface area contributed by atoms with E-state index in [9.17, 15) is 0 Å². The fraction of sp³-hybridized carbons (Fsp3) is 0.600. The molecule has 1 aromatic heterocycles. The van der Waals surface area contributed by atoms with E-state index in [0.29, 0.717) is 0 Å². The van der Waals surface area contributed by atoms with E-state index in [0.717, 1.165) is 51.4 Å². The second kappa shape index (κ2) is 7.76. The Hall–Kier alpha value is -1.92. The lowest BCUT2D eigenvalue weighted by atomic mass is 10.0. The molecule has 2 fully saturated rings. The zero-order valence-electron chi connectivity index (χ0n) is 15.9. The normalized spacial score (nSPS) is 21.9. The molecule has 1 aromatic carbocycles. The highest BCUT2D eigenvalue weighted by Gasteiger charge is 2.17. The van der Waals surface area contributed by atoms with Crippen molar-refractivity contribution in [3.63, 3.8) is 0 Å². The number of hydrogen-bond acceptors (Lipinski definition) is 5. The molecule has 0 unspecified atom stereocenters. The first kappa shape index (κ1) is 17.5. The van der Waals surface area contributed by atoms with Crippen molar-refractivity contribution in [3.8, 4) is 11.3 Å². The van der Waals surface area contributed by atoms with Crippen LogP contribution >= 0.6 is 0 Å². The van der Waals surface area contributed by atoms with Crippen LogP contribution in [0.2, 0.25) is 0 Å². The number of ether oxygens (including phenoxy) is 1. The Labute approximate surface area is 155 Å². The summed E-state index contributed by atoms with van der Waals surface area (Å²) in [6, 6.07) is 6.69. The molecule has 4 rings (SSSR count). The minimum Gasteiger partial charge on any atom is -0.376 e. The summed E-state index contributed by atoms with van der Waals surface area (Å²) in [6.45, 7) is 8.26. The standard InChI is InChI=1S/C20H29N5O/c1-16-13-17(24-10-8-23(2)9-11-24)6-7-19(16)20-15-25(22-21-20)14-18-5-3-4-12-26-18/h6-7,13,15,18H,3-5,8-12,14H2,1-2H3/t18-/m1/s1. The summed E-state index contributed by atoms with van der Waals surface area (Å²) in [5.41, 5.74) is 4.67. The van der Waals surface area contributed by atoms with E-state index in [4.69, 9.17) is 4.74 Å². The van der Waals surface area contributed by atoms with Gasteiger partial charge in [-0.3, -0.25) is 0 Å².